The Labute approximate surface area is 102 Å². The zero-order valence-electron chi connectivity index (χ0n) is 8.09. The summed E-state index contributed by atoms with van der Waals surface area (Å²) in [5.74, 6) is -0.593. The molecular weight excluding hydrogens is 253 g/mol. The number of rotatable bonds is 3. The fraction of sp³-hybridized carbons (Fsp3) is 0.111. The van der Waals surface area contributed by atoms with Crippen molar-refractivity contribution in [2.45, 2.75) is 0 Å². The maximum atomic E-state index is 11.2. The van der Waals surface area contributed by atoms with Gasteiger partial charge in [0.05, 0.1) is 10.0 Å². The predicted molar refractivity (Wildman–Crippen MR) is 62.0 cm³/mol. The summed E-state index contributed by atoms with van der Waals surface area (Å²) in [5.41, 5.74) is 5.00. The van der Waals surface area contributed by atoms with Crippen LogP contribution < -0.4 is 15.8 Å². The van der Waals surface area contributed by atoms with Crippen LogP contribution in [0, 0.1) is 5.41 Å². The number of benzene rings is 1. The maximum absolute atomic E-state index is 11.2. The van der Waals surface area contributed by atoms with Crippen LogP contribution in [0.25, 0.3) is 0 Å². The minimum absolute atomic E-state index is 0.185. The lowest BCUT2D eigenvalue weighted by Gasteiger charge is -2.06. The molecule has 0 aliphatic rings. The van der Waals surface area contributed by atoms with Crippen molar-refractivity contribution in [3.05, 3.63) is 28.2 Å². The van der Waals surface area contributed by atoms with E-state index in [0.717, 1.165) is 0 Å². The Morgan fingerprint density at radius 1 is 1.44 bits per heavy atom. The van der Waals surface area contributed by atoms with Crippen LogP contribution in [0.3, 0.4) is 0 Å². The highest BCUT2D eigenvalue weighted by Gasteiger charge is 2.06. The molecule has 1 rings (SSSR count). The molecule has 0 saturated heterocycles. The summed E-state index contributed by atoms with van der Waals surface area (Å²) >= 11 is 11.4. The number of ether oxygens (including phenoxy) is 1. The van der Waals surface area contributed by atoms with Gasteiger partial charge in [-0.05, 0) is 12.1 Å². The van der Waals surface area contributed by atoms with Crippen molar-refractivity contribution in [2.24, 2.45) is 5.73 Å². The van der Waals surface area contributed by atoms with E-state index in [4.69, 9.17) is 39.1 Å². The van der Waals surface area contributed by atoms with Gasteiger partial charge >= 0.3 is 5.97 Å². The average molecular weight is 262 g/mol. The molecule has 0 amide bonds. The topological polar surface area (TPSA) is 88.2 Å². The molecule has 0 aliphatic carbocycles. The van der Waals surface area contributed by atoms with Gasteiger partial charge in [0.25, 0.3) is 0 Å². The van der Waals surface area contributed by atoms with E-state index in [2.05, 4.69) is 5.32 Å². The zero-order valence-corrected chi connectivity index (χ0v) is 9.60. The van der Waals surface area contributed by atoms with Crippen LogP contribution in [-0.2, 0) is 4.79 Å². The lowest BCUT2D eigenvalue weighted by atomic mass is 10.3. The number of carbonyl (C=O) groups excluding carboxylic acids is 1. The third kappa shape index (κ3) is 3.96. The molecule has 0 atom stereocenters. The minimum Gasteiger partial charge on any atom is -0.425 e. The number of hydrogen-bond acceptors (Lipinski definition) is 3. The van der Waals surface area contributed by atoms with E-state index in [9.17, 15) is 4.79 Å². The Balaban J connectivity index is 2.56. The van der Waals surface area contributed by atoms with Crippen LogP contribution in [0.15, 0.2) is 18.2 Å². The molecule has 0 radical (unpaired) electrons. The average Bonchev–Trinajstić information content (AvgIpc) is 2.21. The van der Waals surface area contributed by atoms with Crippen LogP contribution in [0.1, 0.15) is 0 Å². The van der Waals surface area contributed by atoms with Crippen molar-refractivity contribution in [1.29, 1.82) is 5.41 Å². The highest BCUT2D eigenvalue weighted by atomic mass is 35.5. The number of esters is 1. The standard InChI is InChI=1S/C9H9Cl2N3O2/c10-6-2-1-5(3-7(6)11)16-8(15)4-14-9(12)13/h1-3H,4H2,(H4,12,13,14). The Bertz CT molecular complexity index is 423. The van der Waals surface area contributed by atoms with Gasteiger partial charge in [0, 0.05) is 6.07 Å². The summed E-state index contributed by atoms with van der Waals surface area (Å²) in [4.78, 5) is 11.2. The summed E-state index contributed by atoms with van der Waals surface area (Å²) in [7, 11) is 0. The van der Waals surface area contributed by atoms with Gasteiger partial charge in [0.15, 0.2) is 5.96 Å². The fourth-order valence-corrected chi connectivity index (χ4v) is 1.16. The number of hydrogen-bond donors (Lipinski definition) is 3. The van der Waals surface area contributed by atoms with E-state index in [-0.39, 0.29) is 18.3 Å². The van der Waals surface area contributed by atoms with Crippen LogP contribution in [0.5, 0.6) is 5.75 Å². The quantitative estimate of drug-likeness (QED) is 0.332. The van der Waals surface area contributed by atoms with E-state index < -0.39 is 5.97 Å². The Hall–Kier alpha value is -1.46. The van der Waals surface area contributed by atoms with Crippen LogP contribution in [0.4, 0.5) is 0 Å². The normalized spacial score (nSPS) is 9.62. The van der Waals surface area contributed by atoms with Gasteiger partial charge in [-0.25, -0.2) is 4.79 Å². The Morgan fingerprint density at radius 2 is 2.12 bits per heavy atom. The lowest BCUT2D eigenvalue weighted by molar-refractivity contribution is -0.133. The third-order valence-corrected chi connectivity index (χ3v) is 2.28. The number of guanidine groups is 1. The van der Waals surface area contributed by atoms with Gasteiger partial charge in [0.1, 0.15) is 12.3 Å². The second-order valence-electron chi connectivity index (χ2n) is 2.82. The molecule has 86 valence electrons. The monoisotopic (exact) mass is 261 g/mol. The molecule has 16 heavy (non-hydrogen) atoms. The van der Waals surface area contributed by atoms with Crippen molar-refractivity contribution < 1.29 is 9.53 Å². The summed E-state index contributed by atoms with van der Waals surface area (Å²) in [6.45, 7) is -0.185. The molecule has 0 aliphatic heterocycles. The van der Waals surface area contributed by atoms with Crippen LogP contribution >= 0.6 is 23.2 Å². The van der Waals surface area contributed by atoms with Crippen LogP contribution in [0.2, 0.25) is 10.0 Å². The molecule has 1 aromatic rings. The fourth-order valence-electron chi connectivity index (χ4n) is 0.875. The van der Waals surface area contributed by atoms with Gasteiger partial charge in [-0.2, -0.15) is 0 Å². The smallest absolute Gasteiger partial charge is 0.330 e. The number of nitrogens with one attached hydrogen (secondary N) is 2. The SMILES string of the molecule is N=C(N)NCC(=O)Oc1ccc(Cl)c(Cl)c1. The van der Waals surface area contributed by atoms with Crippen molar-refractivity contribution in [1.82, 2.24) is 5.32 Å². The number of carbonyl (C=O) groups is 1. The molecule has 0 fully saturated rings. The summed E-state index contributed by atoms with van der Waals surface area (Å²) in [5, 5.41) is 9.84. The molecule has 0 bridgehead atoms. The van der Waals surface area contributed by atoms with Crippen LogP contribution in [-0.4, -0.2) is 18.5 Å². The first-order chi connectivity index (χ1) is 7.49. The van der Waals surface area contributed by atoms with E-state index in [0.29, 0.717) is 10.0 Å². The summed E-state index contributed by atoms with van der Waals surface area (Å²) < 4.78 is 4.90. The summed E-state index contributed by atoms with van der Waals surface area (Å²) in [6, 6.07) is 4.46. The van der Waals surface area contributed by atoms with Crippen molar-refractivity contribution in [3.63, 3.8) is 0 Å². The highest BCUT2D eigenvalue weighted by molar-refractivity contribution is 6.42. The third-order valence-electron chi connectivity index (χ3n) is 1.55. The highest BCUT2D eigenvalue weighted by Crippen LogP contribution is 2.26. The second-order valence-corrected chi connectivity index (χ2v) is 3.63. The predicted octanol–water partition coefficient (Wildman–Crippen LogP) is 1.38. The lowest BCUT2D eigenvalue weighted by Crippen LogP contribution is -2.36. The molecule has 7 heteroatoms. The largest absolute Gasteiger partial charge is 0.425 e. The zero-order chi connectivity index (χ0) is 12.1. The molecule has 5 nitrogen and oxygen atoms in total. The van der Waals surface area contributed by atoms with Gasteiger partial charge in [-0.1, -0.05) is 23.2 Å². The minimum atomic E-state index is -0.575. The molecule has 0 aromatic heterocycles. The molecule has 4 N–H and O–H groups in total. The first-order valence-electron chi connectivity index (χ1n) is 4.22. The first-order valence-corrected chi connectivity index (χ1v) is 4.98. The summed E-state index contributed by atoms with van der Waals surface area (Å²) in [6.07, 6.45) is 0. The Morgan fingerprint density at radius 3 is 2.69 bits per heavy atom. The Kier molecular flexibility index (Phi) is 4.39. The molecular formula is C9H9Cl2N3O2. The van der Waals surface area contributed by atoms with E-state index in [1.54, 1.807) is 0 Å². The maximum Gasteiger partial charge on any atom is 0.330 e. The van der Waals surface area contributed by atoms with Crippen molar-refractivity contribution in [2.75, 3.05) is 6.54 Å². The van der Waals surface area contributed by atoms with Gasteiger partial charge in [-0.15, -0.1) is 0 Å². The van der Waals surface area contributed by atoms with Gasteiger partial charge in [-0.3, -0.25) is 5.41 Å². The van der Waals surface area contributed by atoms with Crippen molar-refractivity contribution >= 4 is 35.1 Å². The molecule has 0 saturated carbocycles. The molecule has 0 heterocycles. The molecule has 0 spiro atoms. The second kappa shape index (κ2) is 5.58. The van der Waals surface area contributed by atoms with Crippen molar-refractivity contribution in [3.8, 4) is 5.75 Å². The van der Waals surface area contributed by atoms with E-state index in [1.165, 1.54) is 18.2 Å². The van der Waals surface area contributed by atoms with E-state index in [1.807, 2.05) is 0 Å². The van der Waals surface area contributed by atoms with Gasteiger partial charge in [0.2, 0.25) is 0 Å². The molecule has 1 aromatic carbocycles. The van der Waals surface area contributed by atoms with E-state index >= 15 is 0 Å². The molecule has 0 unspecified atom stereocenters. The number of nitrogens with two attached hydrogens (primary N) is 1. The number of halogens is 2. The van der Waals surface area contributed by atoms with Gasteiger partial charge < -0.3 is 15.8 Å². The first kappa shape index (κ1) is 12.6.